The van der Waals surface area contributed by atoms with Crippen molar-refractivity contribution in [2.24, 2.45) is 0 Å². The van der Waals surface area contributed by atoms with Crippen molar-refractivity contribution >= 4 is 17.7 Å². The van der Waals surface area contributed by atoms with E-state index in [2.05, 4.69) is 10.5 Å². The molecule has 0 aliphatic heterocycles. The number of anilines is 1. The Bertz CT molecular complexity index is 709. The summed E-state index contributed by atoms with van der Waals surface area (Å²) in [4.78, 5) is 23.3. The summed E-state index contributed by atoms with van der Waals surface area (Å²) in [5.74, 6) is 0.621. The molecule has 0 spiro atoms. The normalized spacial score (nSPS) is 10.5. The molecule has 0 fully saturated rings. The van der Waals surface area contributed by atoms with Gasteiger partial charge in [0.05, 0.1) is 0 Å². The van der Waals surface area contributed by atoms with Crippen LogP contribution in [-0.4, -0.2) is 30.2 Å². The Labute approximate surface area is 139 Å². The minimum absolute atomic E-state index is 0.264. The molecule has 1 aromatic heterocycles. The Morgan fingerprint density at radius 3 is 2.67 bits per heavy atom. The number of ether oxygens (including phenoxy) is 2. The van der Waals surface area contributed by atoms with E-state index in [9.17, 15) is 9.59 Å². The molecule has 2 rings (SSSR count). The summed E-state index contributed by atoms with van der Waals surface area (Å²) in [5.41, 5.74) is 1.00. The molecule has 0 bridgehead atoms. The van der Waals surface area contributed by atoms with Crippen molar-refractivity contribution in [3.05, 3.63) is 41.7 Å². The maximum Gasteiger partial charge on any atom is 0.344 e. The molecule has 24 heavy (non-hydrogen) atoms. The Morgan fingerprint density at radius 1 is 1.25 bits per heavy atom. The van der Waals surface area contributed by atoms with E-state index in [-0.39, 0.29) is 18.3 Å². The minimum Gasteiger partial charge on any atom is -0.482 e. The molecule has 0 saturated heterocycles. The van der Waals surface area contributed by atoms with Crippen molar-refractivity contribution in [3.8, 4) is 5.75 Å². The number of nitrogens with zero attached hydrogens (tertiary/aromatic N) is 1. The topological polar surface area (TPSA) is 90.7 Å². The first-order chi connectivity index (χ1) is 11.5. The van der Waals surface area contributed by atoms with Crippen LogP contribution in [0.25, 0.3) is 0 Å². The number of aromatic nitrogens is 1. The lowest BCUT2D eigenvalue weighted by Gasteiger charge is -2.13. The Morgan fingerprint density at radius 2 is 2.00 bits per heavy atom. The van der Waals surface area contributed by atoms with Crippen molar-refractivity contribution in [2.75, 3.05) is 18.5 Å². The van der Waals surface area contributed by atoms with Gasteiger partial charge in [-0.15, -0.1) is 0 Å². The Hall–Kier alpha value is -2.83. The highest BCUT2D eigenvalue weighted by molar-refractivity contribution is 5.91. The fourth-order valence-electron chi connectivity index (χ4n) is 2.02. The first-order valence-corrected chi connectivity index (χ1v) is 7.56. The number of rotatable bonds is 7. The zero-order chi connectivity index (χ0) is 17.5. The molecule has 0 aliphatic rings. The van der Waals surface area contributed by atoms with Gasteiger partial charge in [0.15, 0.2) is 19.0 Å². The van der Waals surface area contributed by atoms with Crippen LogP contribution >= 0.6 is 0 Å². The highest BCUT2D eigenvalue weighted by Crippen LogP contribution is 2.25. The van der Waals surface area contributed by atoms with Crippen molar-refractivity contribution in [2.45, 2.75) is 26.7 Å². The number of hydrogen-bond acceptors (Lipinski definition) is 6. The average molecular weight is 332 g/mol. The number of hydrogen-bond donors (Lipinski definition) is 1. The number of amides is 1. The summed E-state index contributed by atoms with van der Waals surface area (Å²) < 4.78 is 15.2. The monoisotopic (exact) mass is 332 g/mol. The van der Waals surface area contributed by atoms with Crippen LogP contribution in [0.5, 0.6) is 5.75 Å². The van der Waals surface area contributed by atoms with Gasteiger partial charge in [0.25, 0.3) is 5.91 Å². The molecule has 7 heteroatoms. The fraction of sp³-hybridized carbons (Fsp3) is 0.353. The third-order valence-electron chi connectivity index (χ3n) is 3.15. The van der Waals surface area contributed by atoms with E-state index < -0.39 is 18.5 Å². The molecule has 128 valence electrons. The van der Waals surface area contributed by atoms with E-state index in [1.807, 2.05) is 32.0 Å². The van der Waals surface area contributed by atoms with Crippen molar-refractivity contribution < 1.29 is 23.6 Å². The third-order valence-corrected chi connectivity index (χ3v) is 3.15. The number of benzene rings is 1. The lowest BCUT2D eigenvalue weighted by Crippen LogP contribution is -2.24. The summed E-state index contributed by atoms with van der Waals surface area (Å²) >= 11 is 0. The molecule has 1 N–H and O–H groups in total. The number of carbonyl (C=O) groups is 2. The first kappa shape index (κ1) is 17.5. The first-order valence-electron chi connectivity index (χ1n) is 7.56. The van der Waals surface area contributed by atoms with E-state index in [4.69, 9.17) is 14.0 Å². The number of carbonyl (C=O) groups excluding carboxylic acids is 2. The second-order valence-electron chi connectivity index (χ2n) is 5.51. The fourth-order valence-corrected chi connectivity index (χ4v) is 2.02. The summed E-state index contributed by atoms with van der Waals surface area (Å²) in [7, 11) is 0. The second kappa shape index (κ2) is 8.14. The lowest BCUT2D eigenvalue weighted by molar-refractivity contribution is -0.149. The molecule has 2 aromatic rings. The molecule has 7 nitrogen and oxygen atoms in total. The van der Waals surface area contributed by atoms with Crippen LogP contribution in [0.4, 0.5) is 5.82 Å². The van der Waals surface area contributed by atoms with Gasteiger partial charge in [-0.25, -0.2) is 4.79 Å². The molecule has 0 unspecified atom stereocenters. The largest absolute Gasteiger partial charge is 0.482 e. The van der Waals surface area contributed by atoms with Crippen molar-refractivity contribution in [1.29, 1.82) is 0 Å². The van der Waals surface area contributed by atoms with E-state index in [0.717, 1.165) is 5.56 Å². The number of esters is 1. The van der Waals surface area contributed by atoms with Crippen LogP contribution < -0.4 is 10.1 Å². The maximum absolute atomic E-state index is 11.7. The molecular formula is C17H20N2O5. The van der Waals surface area contributed by atoms with E-state index in [1.54, 1.807) is 19.1 Å². The van der Waals surface area contributed by atoms with E-state index in [0.29, 0.717) is 11.5 Å². The SMILES string of the molecule is Cc1cc(NC(=O)COC(=O)COc2ccccc2C(C)C)no1. The molecule has 0 aliphatic carbocycles. The Kier molecular flexibility index (Phi) is 5.95. The predicted molar refractivity (Wildman–Crippen MR) is 86.9 cm³/mol. The summed E-state index contributed by atoms with van der Waals surface area (Å²) in [6.45, 7) is 5.10. The number of aryl methyl sites for hydroxylation is 1. The molecule has 1 amide bonds. The van der Waals surface area contributed by atoms with Crippen LogP contribution in [0, 0.1) is 6.92 Å². The van der Waals surface area contributed by atoms with E-state index in [1.165, 1.54) is 0 Å². The third kappa shape index (κ3) is 5.12. The van der Waals surface area contributed by atoms with Crippen molar-refractivity contribution in [1.82, 2.24) is 5.16 Å². The second-order valence-corrected chi connectivity index (χ2v) is 5.51. The highest BCUT2D eigenvalue weighted by atomic mass is 16.6. The molecular weight excluding hydrogens is 312 g/mol. The maximum atomic E-state index is 11.7. The van der Waals surface area contributed by atoms with Crippen molar-refractivity contribution in [3.63, 3.8) is 0 Å². The van der Waals surface area contributed by atoms with Crippen LogP contribution in [0.3, 0.4) is 0 Å². The Balaban J connectivity index is 1.76. The molecule has 0 saturated carbocycles. The van der Waals surface area contributed by atoms with Gasteiger partial charge in [0.2, 0.25) is 0 Å². The van der Waals surface area contributed by atoms with Gasteiger partial charge < -0.3 is 19.3 Å². The number of para-hydroxylation sites is 1. The molecule has 0 radical (unpaired) electrons. The zero-order valence-electron chi connectivity index (χ0n) is 13.9. The van der Waals surface area contributed by atoms with Gasteiger partial charge in [-0.1, -0.05) is 37.2 Å². The summed E-state index contributed by atoms with van der Waals surface area (Å²) in [6, 6.07) is 9.04. The van der Waals surface area contributed by atoms with Gasteiger partial charge in [0.1, 0.15) is 11.5 Å². The summed E-state index contributed by atoms with van der Waals surface area (Å²) in [6.07, 6.45) is 0. The predicted octanol–water partition coefficient (Wildman–Crippen LogP) is 2.67. The standard InChI is InChI=1S/C17H20N2O5/c1-11(2)13-6-4-5-7-14(13)22-10-17(21)23-9-16(20)18-15-8-12(3)24-19-15/h4-8,11H,9-10H2,1-3H3,(H,18,19,20). The van der Waals surface area contributed by atoms with Gasteiger partial charge in [-0.2, -0.15) is 0 Å². The minimum atomic E-state index is -0.625. The average Bonchev–Trinajstić information content (AvgIpc) is 2.96. The van der Waals surface area contributed by atoms with Gasteiger partial charge >= 0.3 is 5.97 Å². The lowest BCUT2D eigenvalue weighted by atomic mass is 10.0. The van der Waals surface area contributed by atoms with Gasteiger partial charge in [-0.05, 0) is 24.5 Å². The van der Waals surface area contributed by atoms with E-state index >= 15 is 0 Å². The van der Waals surface area contributed by atoms with Crippen LogP contribution in [0.2, 0.25) is 0 Å². The van der Waals surface area contributed by atoms with Crippen LogP contribution in [0.15, 0.2) is 34.9 Å². The summed E-state index contributed by atoms with van der Waals surface area (Å²) in [5, 5.41) is 6.07. The molecule has 0 atom stereocenters. The number of nitrogens with one attached hydrogen (secondary N) is 1. The quantitative estimate of drug-likeness (QED) is 0.784. The highest BCUT2D eigenvalue weighted by Gasteiger charge is 2.12. The van der Waals surface area contributed by atoms with Crippen LogP contribution in [0.1, 0.15) is 31.1 Å². The van der Waals surface area contributed by atoms with Gasteiger partial charge in [-0.3, -0.25) is 4.79 Å². The van der Waals surface area contributed by atoms with Gasteiger partial charge in [0, 0.05) is 6.07 Å². The van der Waals surface area contributed by atoms with Crippen LogP contribution in [-0.2, 0) is 14.3 Å². The molecule has 1 aromatic carbocycles. The smallest absolute Gasteiger partial charge is 0.344 e. The molecule has 1 heterocycles. The zero-order valence-corrected chi connectivity index (χ0v) is 13.9.